The summed E-state index contributed by atoms with van der Waals surface area (Å²) < 4.78 is 13.6. The molecule has 0 radical (unpaired) electrons. The average Bonchev–Trinajstić information content (AvgIpc) is 2.92. The van der Waals surface area contributed by atoms with Crippen LogP contribution in [0.3, 0.4) is 0 Å². The van der Waals surface area contributed by atoms with E-state index in [0.717, 1.165) is 16.5 Å². The highest BCUT2D eigenvalue weighted by molar-refractivity contribution is 5.78. The molecule has 0 aliphatic rings. The van der Waals surface area contributed by atoms with Crippen molar-refractivity contribution in [3.63, 3.8) is 0 Å². The van der Waals surface area contributed by atoms with E-state index in [4.69, 9.17) is 0 Å². The molecule has 102 valence electrons. The lowest BCUT2D eigenvalue weighted by Gasteiger charge is -2.14. The maximum atomic E-state index is 13.6. The summed E-state index contributed by atoms with van der Waals surface area (Å²) >= 11 is 0. The fourth-order valence-corrected chi connectivity index (χ4v) is 2.19. The Bertz CT molecular complexity index is 722. The molecule has 2 heterocycles. The van der Waals surface area contributed by atoms with E-state index in [-0.39, 0.29) is 11.9 Å². The van der Waals surface area contributed by atoms with E-state index < -0.39 is 0 Å². The van der Waals surface area contributed by atoms with Gasteiger partial charge in [-0.05, 0) is 36.8 Å². The van der Waals surface area contributed by atoms with E-state index in [1.807, 2.05) is 19.1 Å². The van der Waals surface area contributed by atoms with E-state index in [1.54, 1.807) is 18.5 Å². The summed E-state index contributed by atoms with van der Waals surface area (Å²) in [6, 6.07) is 8.96. The fraction of sp³-hybridized carbons (Fsp3) is 0.200. The molecule has 20 heavy (non-hydrogen) atoms. The highest BCUT2D eigenvalue weighted by atomic mass is 19.1. The van der Waals surface area contributed by atoms with E-state index >= 15 is 0 Å². The lowest BCUT2D eigenvalue weighted by atomic mass is 10.1. The van der Waals surface area contributed by atoms with Crippen molar-refractivity contribution < 1.29 is 4.39 Å². The number of nitrogens with one attached hydrogen (secondary N) is 2. The van der Waals surface area contributed by atoms with Gasteiger partial charge in [-0.25, -0.2) is 4.39 Å². The second-order valence-corrected chi connectivity index (χ2v) is 4.76. The Balaban J connectivity index is 1.71. The normalized spacial score (nSPS) is 12.7. The number of nitrogens with zero attached hydrogens (tertiary/aromatic N) is 2. The van der Waals surface area contributed by atoms with Crippen LogP contribution < -0.4 is 5.32 Å². The Morgan fingerprint density at radius 3 is 3.10 bits per heavy atom. The maximum absolute atomic E-state index is 13.6. The Morgan fingerprint density at radius 1 is 1.35 bits per heavy atom. The number of pyridine rings is 1. The lowest BCUT2D eigenvalue weighted by Crippen LogP contribution is -2.20. The van der Waals surface area contributed by atoms with Crippen LogP contribution in [0.1, 0.15) is 24.2 Å². The molecule has 0 bridgehead atoms. The molecule has 1 atom stereocenters. The van der Waals surface area contributed by atoms with Crippen molar-refractivity contribution >= 4 is 10.9 Å². The first-order chi connectivity index (χ1) is 9.74. The van der Waals surface area contributed by atoms with E-state index in [0.29, 0.717) is 12.2 Å². The SMILES string of the molecule is CC(NCc1ccc2[nH]ncc2c1)c1ncccc1F. The summed E-state index contributed by atoms with van der Waals surface area (Å²) in [4.78, 5) is 4.08. The van der Waals surface area contributed by atoms with Gasteiger partial charge >= 0.3 is 0 Å². The molecular formula is C15H15FN4. The number of halogens is 1. The Hall–Kier alpha value is -2.27. The van der Waals surface area contributed by atoms with Gasteiger partial charge in [0.15, 0.2) is 0 Å². The topological polar surface area (TPSA) is 53.6 Å². The number of aromatic nitrogens is 3. The minimum Gasteiger partial charge on any atom is -0.305 e. The molecule has 2 N–H and O–H groups in total. The fourth-order valence-electron chi connectivity index (χ4n) is 2.19. The van der Waals surface area contributed by atoms with Crippen LogP contribution in [0, 0.1) is 5.82 Å². The molecular weight excluding hydrogens is 255 g/mol. The molecule has 3 rings (SSSR count). The van der Waals surface area contributed by atoms with Crippen molar-refractivity contribution in [2.24, 2.45) is 0 Å². The third-order valence-electron chi connectivity index (χ3n) is 3.31. The Kier molecular flexibility index (Phi) is 3.43. The summed E-state index contributed by atoms with van der Waals surface area (Å²) in [5.41, 5.74) is 2.58. The van der Waals surface area contributed by atoms with E-state index in [9.17, 15) is 4.39 Å². The first-order valence-corrected chi connectivity index (χ1v) is 6.50. The van der Waals surface area contributed by atoms with Crippen LogP contribution in [-0.2, 0) is 6.54 Å². The number of hydrogen-bond donors (Lipinski definition) is 2. The number of aromatic amines is 1. The second-order valence-electron chi connectivity index (χ2n) is 4.76. The monoisotopic (exact) mass is 270 g/mol. The summed E-state index contributed by atoms with van der Waals surface area (Å²) in [6.45, 7) is 2.56. The lowest BCUT2D eigenvalue weighted by molar-refractivity contribution is 0.512. The predicted octanol–water partition coefficient (Wildman–Crippen LogP) is 2.95. The highest BCUT2D eigenvalue weighted by Gasteiger charge is 2.11. The molecule has 0 aliphatic carbocycles. The van der Waals surface area contributed by atoms with Gasteiger partial charge < -0.3 is 5.32 Å². The van der Waals surface area contributed by atoms with Gasteiger partial charge in [-0.2, -0.15) is 5.10 Å². The zero-order chi connectivity index (χ0) is 13.9. The van der Waals surface area contributed by atoms with Gasteiger partial charge in [-0.3, -0.25) is 10.1 Å². The van der Waals surface area contributed by atoms with Gasteiger partial charge in [0.2, 0.25) is 0 Å². The Morgan fingerprint density at radius 2 is 2.25 bits per heavy atom. The second kappa shape index (κ2) is 5.38. The van der Waals surface area contributed by atoms with Crippen LogP contribution in [0.5, 0.6) is 0 Å². The van der Waals surface area contributed by atoms with E-state index in [1.165, 1.54) is 6.07 Å². The van der Waals surface area contributed by atoms with Crippen molar-refractivity contribution in [2.45, 2.75) is 19.5 Å². The van der Waals surface area contributed by atoms with Crippen molar-refractivity contribution in [1.29, 1.82) is 0 Å². The molecule has 4 nitrogen and oxygen atoms in total. The molecule has 0 amide bonds. The van der Waals surface area contributed by atoms with Crippen LogP contribution in [-0.4, -0.2) is 15.2 Å². The van der Waals surface area contributed by atoms with Crippen molar-refractivity contribution in [3.8, 4) is 0 Å². The van der Waals surface area contributed by atoms with Crippen LogP contribution in [0.15, 0.2) is 42.7 Å². The van der Waals surface area contributed by atoms with Crippen molar-refractivity contribution in [1.82, 2.24) is 20.5 Å². The predicted molar refractivity (Wildman–Crippen MR) is 75.5 cm³/mol. The average molecular weight is 270 g/mol. The molecule has 0 fully saturated rings. The number of H-pyrrole nitrogens is 1. The number of benzene rings is 1. The van der Waals surface area contributed by atoms with Crippen molar-refractivity contribution in [2.75, 3.05) is 0 Å². The van der Waals surface area contributed by atoms with Crippen molar-refractivity contribution in [3.05, 3.63) is 59.8 Å². The van der Waals surface area contributed by atoms with Crippen LogP contribution in [0.4, 0.5) is 4.39 Å². The molecule has 0 saturated heterocycles. The molecule has 2 aromatic heterocycles. The number of rotatable bonds is 4. The number of hydrogen-bond acceptors (Lipinski definition) is 3. The molecule has 5 heteroatoms. The quantitative estimate of drug-likeness (QED) is 0.766. The molecule has 0 spiro atoms. The summed E-state index contributed by atoms with van der Waals surface area (Å²) in [5, 5.41) is 11.3. The summed E-state index contributed by atoms with van der Waals surface area (Å²) in [6.07, 6.45) is 3.40. The first kappa shape index (κ1) is 12.7. The van der Waals surface area contributed by atoms with Gasteiger partial charge in [-0.15, -0.1) is 0 Å². The smallest absolute Gasteiger partial charge is 0.146 e. The zero-order valence-corrected chi connectivity index (χ0v) is 11.1. The Labute approximate surface area is 116 Å². The minimum atomic E-state index is -0.280. The third kappa shape index (κ3) is 2.53. The largest absolute Gasteiger partial charge is 0.305 e. The third-order valence-corrected chi connectivity index (χ3v) is 3.31. The number of fused-ring (bicyclic) bond motifs is 1. The van der Waals surface area contributed by atoms with Crippen LogP contribution >= 0.6 is 0 Å². The van der Waals surface area contributed by atoms with Crippen LogP contribution in [0.2, 0.25) is 0 Å². The minimum absolute atomic E-state index is 0.142. The van der Waals surface area contributed by atoms with Gasteiger partial charge in [0, 0.05) is 24.2 Å². The molecule has 3 aromatic rings. The van der Waals surface area contributed by atoms with Crippen LogP contribution in [0.25, 0.3) is 10.9 Å². The van der Waals surface area contributed by atoms with Gasteiger partial charge in [-0.1, -0.05) is 6.07 Å². The first-order valence-electron chi connectivity index (χ1n) is 6.50. The molecule has 0 saturated carbocycles. The maximum Gasteiger partial charge on any atom is 0.146 e. The standard InChI is InChI=1S/C15H15FN4/c1-10(15-13(16)3-2-6-17-15)18-8-11-4-5-14-12(7-11)9-19-20-14/h2-7,9-10,18H,8H2,1H3,(H,19,20). The highest BCUT2D eigenvalue weighted by Crippen LogP contribution is 2.16. The van der Waals surface area contributed by atoms with Gasteiger partial charge in [0.1, 0.15) is 5.82 Å². The van der Waals surface area contributed by atoms with Gasteiger partial charge in [0.05, 0.1) is 17.4 Å². The van der Waals surface area contributed by atoms with Gasteiger partial charge in [0.25, 0.3) is 0 Å². The molecule has 1 unspecified atom stereocenters. The molecule has 0 aliphatic heterocycles. The molecule has 1 aromatic carbocycles. The summed E-state index contributed by atoms with van der Waals surface area (Å²) in [7, 11) is 0. The zero-order valence-electron chi connectivity index (χ0n) is 11.1. The summed E-state index contributed by atoms with van der Waals surface area (Å²) in [5.74, 6) is -0.280. The van der Waals surface area contributed by atoms with E-state index in [2.05, 4.69) is 26.6 Å².